The first-order chi connectivity index (χ1) is 10.4. The Morgan fingerprint density at radius 2 is 2.00 bits per heavy atom. The van der Waals surface area contributed by atoms with Crippen LogP contribution in [0.1, 0.15) is 37.3 Å². The van der Waals surface area contributed by atoms with Gasteiger partial charge in [0.25, 0.3) is 0 Å². The van der Waals surface area contributed by atoms with Crippen molar-refractivity contribution in [2.75, 3.05) is 13.2 Å². The maximum Gasteiger partial charge on any atom is 0.335 e. The Labute approximate surface area is 133 Å². The molecule has 0 bridgehead atoms. The SMILES string of the molecule is CC(C)N1C(=O)C(=O)N(CN2CCc3sccc3[C@@H]2C)C1=O. The first-order valence-electron chi connectivity index (χ1n) is 7.41. The van der Waals surface area contributed by atoms with Crippen LogP contribution in [0.2, 0.25) is 0 Å². The zero-order valence-corrected chi connectivity index (χ0v) is 13.7. The van der Waals surface area contributed by atoms with Gasteiger partial charge in [0.15, 0.2) is 0 Å². The molecular formula is C15H19N3O3S. The van der Waals surface area contributed by atoms with Gasteiger partial charge in [-0.15, -0.1) is 11.3 Å². The van der Waals surface area contributed by atoms with Crippen LogP contribution < -0.4 is 0 Å². The molecule has 0 radical (unpaired) electrons. The number of thiophene rings is 1. The molecule has 1 aromatic heterocycles. The summed E-state index contributed by atoms with van der Waals surface area (Å²) in [4.78, 5) is 41.9. The Hall–Kier alpha value is -1.73. The van der Waals surface area contributed by atoms with Crippen LogP contribution in [0.15, 0.2) is 11.4 Å². The summed E-state index contributed by atoms with van der Waals surface area (Å²) in [5.41, 5.74) is 1.25. The molecule has 1 atom stereocenters. The third kappa shape index (κ3) is 2.24. The maximum absolute atomic E-state index is 12.3. The lowest BCUT2D eigenvalue weighted by Gasteiger charge is -2.35. The van der Waals surface area contributed by atoms with Gasteiger partial charge < -0.3 is 0 Å². The average Bonchev–Trinajstić information content (AvgIpc) is 3.01. The van der Waals surface area contributed by atoms with Gasteiger partial charge in [0.2, 0.25) is 0 Å². The lowest BCUT2D eigenvalue weighted by atomic mass is 10.0. The largest absolute Gasteiger partial charge is 0.335 e. The first-order valence-corrected chi connectivity index (χ1v) is 8.29. The van der Waals surface area contributed by atoms with Crippen molar-refractivity contribution in [3.05, 3.63) is 21.9 Å². The number of urea groups is 1. The minimum atomic E-state index is -0.721. The van der Waals surface area contributed by atoms with Gasteiger partial charge in [-0.1, -0.05) is 0 Å². The first kappa shape index (κ1) is 15.2. The van der Waals surface area contributed by atoms with Gasteiger partial charge >= 0.3 is 17.8 Å². The summed E-state index contributed by atoms with van der Waals surface area (Å²) in [6.45, 7) is 6.48. The normalized spacial score (nSPS) is 22.9. The second kappa shape index (κ2) is 5.48. The second-order valence-corrected chi connectivity index (χ2v) is 6.96. The molecule has 0 unspecified atom stereocenters. The van der Waals surface area contributed by atoms with Crippen molar-refractivity contribution in [1.29, 1.82) is 0 Å². The molecule has 4 amide bonds. The molecule has 0 spiro atoms. The summed E-state index contributed by atoms with van der Waals surface area (Å²) in [5.74, 6) is -1.44. The van der Waals surface area contributed by atoms with Crippen molar-refractivity contribution in [3.63, 3.8) is 0 Å². The Bertz CT molecular complexity index is 640. The molecule has 2 aliphatic rings. The van der Waals surface area contributed by atoms with Crippen LogP contribution in [0.3, 0.4) is 0 Å². The summed E-state index contributed by atoms with van der Waals surface area (Å²) >= 11 is 1.74. The zero-order chi connectivity index (χ0) is 16.0. The van der Waals surface area contributed by atoms with Crippen LogP contribution in [-0.4, -0.2) is 51.8 Å². The number of carbonyl (C=O) groups excluding carboxylic acids is 3. The van der Waals surface area contributed by atoms with Crippen molar-refractivity contribution in [2.45, 2.75) is 39.3 Å². The highest BCUT2D eigenvalue weighted by Crippen LogP contribution is 2.33. The molecule has 1 fully saturated rings. The van der Waals surface area contributed by atoms with Gasteiger partial charge in [0, 0.05) is 23.5 Å². The highest BCUT2D eigenvalue weighted by atomic mass is 32.1. The van der Waals surface area contributed by atoms with Crippen LogP contribution in [0, 0.1) is 0 Å². The molecule has 1 saturated heterocycles. The molecular weight excluding hydrogens is 302 g/mol. The predicted octanol–water partition coefficient (Wildman–Crippen LogP) is 1.82. The molecule has 22 heavy (non-hydrogen) atoms. The summed E-state index contributed by atoms with van der Waals surface area (Å²) in [5, 5.41) is 2.07. The van der Waals surface area contributed by atoms with E-state index in [0.717, 1.165) is 22.8 Å². The van der Waals surface area contributed by atoms with E-state index in [1.165, 1.54) is 10.4 Å². The molecule has 0 N–H and O–H groups in total. The predicted molar refractivity (Wildman–Crippen MR) is 82.2 cm³/mol. The Kier molecular flexibility index (Phi) is 3.78. The number of rotatable bonds is 3. The Morgan fingerprint density at radius 1 is 1.27 bits per heavy atom. The summed E-state index contributed by atoms with van der Waals surface area (Å²) in [6, 6.07) is 1.42. The number of amides is 4. The number of hydrogen-bond acceptors (Lipinski definition) is 5. The van der Waals surface area contributed by atoms with E-state index in [2.05, 4.69) is 23.3 Å². The minimum Gasteiger partial charge on any atom is -0.278 e. The smallest absolute Gasteiger partial charge is 0.278 e. The molecule has 0 saturated carbocycles. The molecule has 3 rings (SSSR count). The number of fused-ring (bicyclic) bond motifs is 1. The van der Waals surface area contributed by atoms with Crippen molar-refractivity contribution in [1.82, 2.24) is 14.7 Å². The van der Waals surface area contributed by atoms with Gasteiger partial charge in [-0.05, 0) is 44.2 Å². The highest BCUT2D eigenvalue weighted by Gasteiger charge is 2.46. The standard InChI is InChI=1S/C15H19N3O3S/c1-9(2)18-14(20)13(19)17(15(18)21)8-16-6-4-12-11(10(16)3)5-7-22-12/h5,7,9-10H,4,6,8H2,1-3H3/t10-/m0/s1. The van der Waals surface area contributed by atoms with Gasteiger partial charge in [0.1, 0.15) is 0 Å². The lowest BCUT2D eigenvalue weighted by molar-refractivity contribution is -0.144. The van der Waals surface area contributed by atoms with E-state index in [9.17, 15) is 14.4 Å². The molecule has 0 aliphatic carbocycles. The average molecular weight is 321 g/mol. The van der Waals surface area contributed by atoms with Crippen LogP contribution in [0.5, 0.6) is 0 Å². The van der Waals surface area contributed by atoms with E-state index < -0.39 is 17.8 Å². The molecule has 3 heterocycles. The van der Waals surface area contributed by atoms with Crippen LogP contribution in [-0.2, 0) is 16.0 Å². The lowest BCUT2D eigenvalue weighted by Crippen LogP contribution is -2.45. The summed E-state index contributed by atoms with van der Waals surface area (Å²) < 4.78 is 0. The minimum absolute atomic E-state index is 0.138. The van der Waals surface area contributed by atoms with E-state index in [4.69, 9.17) is 0 Å². The maximum atomic E-state index is 12.3. The van der Waals surface area contributed by atoms with Crippen molar-refractivity contribution in [2.24, 2.45) is 0 Å². The Morgan fingerprint density at radius 3 is 2.64 bits per heavy atom. The van der Waals surface area contributed by atoms with E-state index in [-0.39, 0.29) is 18.8 Å². The fourth-order valence-electron chi connectivity index (χ4n) is 3.04. The Balaban J connectivity index is 1.78. The van der Waals surface area contributed by atoms with Crippen molar-refractivity contribution < 1.29 is 14.4 Å². The molecule has 6 nitrogen and oxygen atoms in total. The summed E-state index contributed by atoms with van der Waals surface area (Å²) in [6.07, 6.45) is 0.912. The number of carbonyl (C=O) groups is 3. The third-order valence-electron chi connectivity index (χ3n) is 4.33. The third-order valence-corrected chi connectivity index (χ3v) is 5.32. The molecule has 1 aromatic rings. The number of hydrogen-bond donors (Lipinski definition) is 0. The van der Waals surface area contributed by atoms with Gasteiger partial charge in [-0.25, -0.2) is 9.69 Å². The number of nitrogens with zero attached hydrogens (tertiary/aromatic N) is 3. The monoisotopic (exact) mass is 321 g/mol. The number of imide groups is 2. The molecule has 7 heteroatoms. The van der Waals surface area contributed by atoms with Crippen LogP contribution >= 0.6 is 11.3 Å². The quantitative estimate of drug-likeness (QED) is 0.629. The van der Waals surface area contributed by atoms with Gasteiger partial charge in [-0.2, -0.15) is 0 Å². The van der Waals surface area contributed by atoms with Crippen molar-refractivity contribution >= 4 is 29.2 Å². The van der Waals surface area contributed by atoms with E-state index in [1.54, 1.807) is 25.2 Å². The zero-order valence-electron chi connectivity index (χ0n) is 12.9. The fraction of sp³-hybridized carbons (Fsp3) is 0.533. The van der Waals surface area contributed by atoms with Crippen LogP contribution in [0.4, 0.5) is 4.79 Å². The van der Waals surface area contributed by atoms with E-state index in [1.807, 2.05) is 0 Å². The molecule has 0 aromatic carbocycles. The van der Waals surface area contributed by atoms with Gasteiger partial charge in [0.05, 0.1) is 6.67 Å². The van der Waals surface area contributed by atoms with E-state index >= 15 is 0 Å². The fourth-order valence-corrected chi connectivity index (χ4v) is 4.00. The van der Waals surface area contributed by atoms with Crippen LogP contribution in [0.25, 0.3) is 0 Å². The topological polar surface area (TPSA) is 60.9 Å². The van der Waals surface area contributed by atoms with Gasteiger partial charge in [-0.3, -0.25) is 19.4 Å². The molecule has 2 aliphatic heterocycles. The summed E-state index contributed by atoms with van der Waals surface area (Å²) in [7, 11) is 0. The van der Waals surface area contributed by atoms with E-state index in [0.29, 0.717) is 0 Å². The van der Waals surface area contributed by atoms with Crippen molar-refractivity contribution in [3.8, 4) is 0 Å². The second-order valence-electron chi connectivity index (χ2n) is 5.96. The molecule has 118 valence electrons. The highest BCUT2D eigenvalue weighted by molar-refractivity contribution is 7.10.